The first-order valence-electron chi connectivity index (χ1n) is 9.72. The van der Waals surface area contributed by atoms with Gasteiger partial charge in [-0.1, -0.05) is 6.42 Å². The SMILES string of the molecule is O=C(CN1CCCCCC1=O)N[C@@H]1CCC[C@@H](N2CCOCC2)[C@@H]1O. The van der Waals surface area contributed by atoms with E-state index < -0.39 is 6.10 Å². The van der Waals surface area contributed by atoms with Crippen LogP contribution in [0.4, 0.5) is 0 Å². The van der Waals surface area contributed by atoms with E-state index in [0.717, 1.165) is 51.6 Å². The minimum absolute atomic E-state index is 0.0723. The van der Waals surface area contributed by atoms with Crippen molar-refractivity contribution in [1.29, 1.82) is 0 Å². The summed E-state index contributed by atoms with van der Waals surface area (Å²) in [6.07, 6.45) is 5.65. The molecule has 3 fully saturated rings. The second-order valence-electron chi connectivity index (χ2n) is 7.44. The van der Waals surface area contributed by atoms with E-state index in [2.05, 4.69) is 10.2 Å². The summed E-state index contributed by atoms with van der Waals surface area (Å²) >= 11 is 0. The van der Waals surface area contributed by atoms with Gasteiger partial charge in [-0.15, -0.1) is 0 Å². The first-order valence-corrected chi connectivity index (χ1v) is 9.72. The highest BCUT2D eigenvalue weighted by Gasteiger charge is 2.36. The third-order valence-corrected chi connectivity index (χ3v) is 5.69. The molecule has 3 rings (SSSR count). The fourth-order valence-electron chi connectivity index (χ4n) is 4.25. The molecule has 0 aromatic heterocycles. The molecule has 0 unspecified atom stereocenters. The zero-order valence-electron chi connectivity index (χ0n) is 15.0. The van der Waals surface area contributed by atoms with Crippen molar-refractivity contribution in [3.05, 3.63) is 0 Å². The van der Waals surface area contributed by atoms with Crippen molar-refractivity contribution < 1.29 is 19.4 Å². The molecule has 2 heterocycles. The lowest BCUT2D eigenvalue weighted by Gasteiger charge is -2.43. The van der Waals surface area contributed by atoms with E-state index in [9.17, 15) is 14.7 Å². The average Bonchev–Trinajstić information content (AvgIpc) is 2.82. The van der Waals surface area contributed by atoms with Crippen molar-refractivity contribution in [3.8, 4) is 0 Å². The molecule has 142 valence electrons. The number of nitrogens with one attached hydrogen (secondary N) is 1. The summed E-state index contributed by atoms with van der Waals surface area (Å²) in [6, 6.07) is -0.140. The van der Waals surface area contributed by atoms with Gasteiger partial charge in [0.2, 0.25) is 11.8 Å². The largest absolute Gasteiger partial charge is 0.389 e. The van der Waals surface area contributed by atoms with E-state index >= 15 is 0 Å². The van der Waals surface area contributed by atoms with E-state index in [1.807, 2.05) is 0 Å². The Morgan fingerprint density at radius 2 is 1.92 bits per heavy atom. The molecule has 3 atom stereocenters. The first kappa shape index (κ1) is 18.6. The molecule has 0 radical (unpaired) electrons. The third-order valence-electron chi connectivity index (χ3n) is 5.69. The number of hydrogen-bond acceptors (Lipinski definition) is 5. The number of amides is 2. The van der Waals surface area contributed by atoms with Gasteiger partial charge in [0, 0.05) is 32.1 Å². The van der Waals surface area contributed by atoms with Crippen LogP contribution in [-0.4, -0.2) is 84.3 Å². The van der Waals surface area contributed by atoms with Gasteiger partial charge in [0.15, 0.2) is 0 Å². The molecule has 0 aromatic carbocycles. The molecule has 0 bridgehead atoms. The zero-order chi connectivity index (χ0) is 17.6. The highest BCUT2D eigenvalue weighted by molar-refractivity contribution is 5.85. The maximum absolute atomic E-state index is 12.4. The fraction of sp³-hybridized carbons (Fsp3) is 0.889. The Kier molecular flexibility index (Phi) is 6.67. The van der Waals surface area contributed by atoms with Crippen LogP contribution in [0.15, 0.2) is 0 Å². The number of hydrogen-bond donors (Lipinski definition) is 2. The van der Waals surface area contributed by atoms with Gasteiger partial charge in [-0.05, 0) is 32.1 Å². The van der Waals surface area contributed by atoms with Gasteiger partial charge in [0.1, 0.15) is 0 Å². The molecule has 25 heavy (non-hydrogen) atoms. The van der Waals surface area contributed by atoms with Crippen LogP contribution in [0.3, 0.4) is 0 Å². The molecule has 2 amide bonds. The summed E-state index contributed by atoms with van der Waals surface area (Å²) in [5.74, 6) is -0.0787. The highest BCUT2D eigenvalue weighted by Crippen LogP contribution is 2.24. The summed E-state index contributed by atoms with van der Waals surface area (Å²) < 4.78 is 5.39. The predicted octanol–water partition coefficient (Wildman–Crippen LogP) is 0.119. The Morgan fingerprint density at radius 1 is 1.12 bits per heavy atom. The molecule has 2 aliphatic heterocycles. The lowest BCUT2D eigenvalue weighted by Crippen LogP contribution is -2.59. The number of likely N-dealkylation sites (tertiary alicyclic amines) is 1. The molecule has 2 saturated heterocycles. The van der Waals surface area contributed by atoms with Crippen molar-refractivity contribution in [1.82, 2.24) is 15.1 Å². The molecule has 2 N–H and O–H groups in total. The first-order chi connectivity index (χ1) is 12.1. The minimum atomic E-state index is -0.560. The van der Waals surface area contributed by atoms with Gasteiger partial charge in [-0.2, -0.15) is 0 Å². The molecule has 0 aromatic rings. The van der Waals surface area contributed by atoms with Gasteiger partial charge in [-0.3, -0.25) is 14.5 Å². The maximum Gasteiger partial charge on any atom is 0.239 e. The fourth-order valence-corrected chi connectivity index (χ4v) is 4.25. The third kappa shape index (κ3) is 4.92. The molecule has 0 spiro atoms. The van der Waals surface area contributed by atoms with Crippen molar-refractivity contribution in [2.24, 2.45) is 0 Å². The summed E-state index contributed by atoms with van der Waals surface area (Å²) in [6.45, 7) is 3.87. The molecule has 3 aliphatic rings. The van der Waals surface area contributed by atoms with Crippen LogP contribution in [0, 0.1) is 0 Å². The van der Waals surface area contributed by atoms with Crippen LogP contribution in [0.25, 0.3) is 0 Å². The van der Waals surface area contributed by atoms with Gasteiger partial charge in [0.25, 0.3) is 0 Å². The molecule has 7 heteroatoms. The number of aliphatic hydroxyl groups excluding tert-OH is 1. The number of nitrogens with zero attached hydrogens (tertiary/aromatic N) is 2. The molecule has 1 saturated carbocycles. The van der Waals surface area contributed by atoms with E-state index in [0.29, 0.717) is 26.2 Å². The normalized spacial score (nSPS) is 32.3. The predicted molar refractivity (Wildman–Crippen MR) is 93.0 cm³/mol. The van der Waals surface area contributed by atoms with Gasteiger partial charge >= 0.3 is 0 Å². The number of ether oxygens (including phenoxy) is 1. The van der Waals surface area contributed by atoms with Crippen molar-refractivity contribution in [3.63, 3.8) is 0 Å². The van der Waals surface area contributed by atoms with Crippen LogP contribution >= 0.6 is 0 Å². The van der Waals surface area contributed by atoms with Gasteiger partial charge in [0.05, 0.1) is 31.9 Å². The van der Waals surface area contributed by atoms with E-state index in [4.69, 9.17) is 4.74 Å². The Labute approximate surface area is 149 Å². The maximum atomic E-state index is 12.4. The molecule has 7 nitrogen and oxygen atoms in total. The average molecular weight is 353 g/mol. The lowest BCUT2D eigenvalue weighted by atomic mass is 9.86. The second kappa shape index (κ2) is 8.96. The smallest absolute Gasteiger partial charge is 0.239 e. The number of carbonyl (C=O) groups excluding carboxylic acids is 2. The lowest BCUT2D eigenvalue weighted by molar-refractivity contribution is -0.136. The van der Waals surface area contributed by atoms with E-state index in [1.54, 1.807) is 4.90 Å². The van der Waals surface area contributed by atoms with Crippen LogP contribution in [-0.2, 0) is 14.3 Å². The Balaban J connectivity index is 1.52. The number of aliphatic hydroxyl groups is 1. The Hall–Kier alpha value is -1.18. The summed E-state index contributed by atoms with van der Waals surface area (Å²) in [5, 5.41) is 13.7. The summed E-state index contributed by atoms with van der Waals surface area (Å²) in [7, 11) is 0. The number of carbonyl (C=O) groups is 2. The van der Waals surface area contributed by atoms with E-state index in [-0.39, 0.29) is 30.4 Å². The number of rotatable bonds is 4. The zero-order valence-corrected chi connectivity index (χ0v) is 15.0. The summed E-state index contributed by atoms with van der Waals surface area (Å²) in [5.41, 5.74) is 0. The molecule has 1 aliphatic carbocycles. The standard InChI is InChI=1S/C18H31N3O4/c22-16(13-21-8-3-1-2-7-17(21)23)19-14-5-4-6-15(18(14)24)20-9-11-25-12-10-20/h14-15,18,24H,1-13H2,(H,19,22)/t14-,15-,18-/m1/s1. The topological polar surface area (TPSA) is 82.1 Å². The van der Waals surface area contributed by atoms with Crippen molar-refractivity contribution in [2.75, 3.05) is 39.4 Å². The van der Waals surface area contributed by atoms with Crippen LogP contribution in [0.1, 0.15) is 44.9 Å². The number of morpholine rings is 1. The van der Waals surface area contributed by atoms with Crippen LogP contribution in [0.2, 0.25) is 0 Å². The quantitative estimate of drug-likeness (QED) is 0.750. The van der Waals surface area contributed by atoms with Gasteiger partial charge < -0.3 is 20.1 Å². The van der Waals surface area contributed by atoms with Gasteiger partial charge in [-0.25, -0.2) is 0 Å². The van der Waals surface area contributed by atoms with E-state index in [1.165, 1.54) is 0 Å². The van der Waals surface area contributed by atoms with Crippen molar-refractivity contribution in [2.45, 2.75) is 63.1 Å². The van der Waals surface area contributed by atoms with Crippen LogP contribution < -0.4 is 5.32 Å². The molecular formula is C18H31N3O4. The summed E-state index contributed by atoms with van der Waals surface area (Å²) in [4.78, 5) is 28.4. The van der Waals surface area contributed by atoms with Crippen LogP contribution in [0.5, 0.6) is 0 Å². The Morgan fingerprint density at radius 3 is 2.72 bits per heavy atom. The van der Waals surface area contributed by atoms with Crippen molar-refractivity contribution >= 4 is 11.8 Å². The second-order valence-corrected chi connectivity index (χ2v) is 7.44. The highest BCUT2D eigenvalue weighted by atomic mass is 16.5. The minimum Gasteiger partial charge on any atom is -0.389 e. The molecular weight excluding hydrogens is 322 g/mol. The Bertz CT molecular complexity index is 467. The monoisotopic (exact) mass is 353 g/mol.